The number of carbonyl (C=O) groups is 1. The van der Waals surface area contributed by atoms with Gasteiger partial charge in [0.2, 0.25) is 0 Å². The predicted molar refractivity (Wildman–Crippen MR) is 116 cm³/mol. The van der Waals surface area contributed by atoms with Crippen molar-refractivity contribution in [3.8, 4) is 0 Å². The molecule has 0 saturated heterocycles. The van der Waals surface area contributed by atoms with Gasteiger partial charge in [0.1, 0.15) is 5.60 Å². The molecule has 0 aliphatic rings. The molecule has 0 spiro atoms. The molecule has 150 valence electrons. The van der Waals surface area contributed by atoms with Gasteiger partial charge in [-0.25, -0.2) is 0 Å². The Balaban J connectivity index is 0.000000410. The van der Waals surface area contributed by atoms with Crippen LogP contribution in [0.4, 0.5) is 0 Å². The number of hydrogen-bond acceptors (Lipinski definition) is 3. The van der Waals surface area contributed by atoms with Crippen LogP contribution >= 0.6 is 0 Å². The molecule has 0 heterocycles. The molecular weight excluding hydrogens is 334 g/mol. The van der Waals surface area contributed by atoms with Crippen LogP contribution in [0.1, 0.15) is 50.3 Å². The van der Waals surface area contributed by atoms with Crippen LogP contribution in [0.25, 0.3) is 0 Å². The van der Waals surface area contributed by atoms with E-state index in [2.05, 4.69) is 80.9 Å². The first-order chi connectivity index (χ1) is 12.5. The Kier molecular flexibility index (Phi) is 12.1. The topological polar surface area (TPSA) is 29.5 Å². The summed E-state index contributed by atoms with van der Waals surface area (Å²) < 4.78 is 4.55. The predicted octanol–water partition coefficient (Wildman–Crippen LogP) is 5.61. The second-order valence-electron chi connectivity index (χ2n) is 8.06. The normalized spacial score (nSPS) is 11.4. The molecule has 0 fully saturated rings. The minimum atomic E-state index is -0.318. The zero-order chi connectivity index (χ0) is 20.9. The highest BCUT2D eigenvalue weighted by molar-refractivity contribution is 5.37. The van der Waals surface area contributed by atoms with E-state index in [-0.39, 0.29) is 5.60 Å². The first-order valence-electron chi connectivity index (χ1n) is 9.39. The molecule has 3 nitrogen and oxygen atoms in total. The first kappa shape index (κ1) is 24.9. The number of hydrogen-bond donors (Lipinski definition) is 0. The van der Waals surface area contributed by atoms with Gasteiger partial charge in [-0.15, -0.1) is 0 Å². The number of rotatable bonds is 4. The van der Waals surface area contributed by atoms with Crippen molar-refractivity contribution in [2.75, 3.05) is 20.6 Å². The molecule has 0 aromatic heterocycles. The smallest absolute Gasteiger partial charge is 0.293 e. The average molecular weight is 372 g/mol. The third-order valence-electron chi connectivity index (χ3n) is 3.63. The standard InChI is InChI=1S/C12H19N.C7H8.C5H10O2/c1-10-5-7-12(8-6-10)11(2)9-13(3)4;1-7-5-3-2-4-6-7;1-5(2,3)7-4-6/h5-8,11H,9H2,1-4H3;2-6H,1H3;4H,1-3H3. The van der Waals surface area contributed by atoms with Crippen LogP contribution in [0.5, 0.6) is 0 Å². The van der Waals surface area contributed by atoms with Gasteiger partial charge in [0.05, 0.1) is 0 Å². The van der Waals surface area contributed by atoms with Crippen molar-refractivity contribution in [3.05, 3.63) is 71.3 Å². The van der Waals surface area contributed by atoms with Gasteiger partial charge >= 0.3 is 0 Å². The monoisotopic (exact) mass is 371 g/mol. The molecule has 0 N–H and O–H groups in total. The molecule has 1 unspecified atom stereocenters. The molecule has 3 heteroatoms. The van der Waals surface area contributed by atoms with Gasteiger partial charge in [-0.05, 0) is 60.2 Å². The van der Waals surface area contributed by atoms with Crippen LogP contribution < -0.4 is 0 Å². The quantitative estimate of drug-likeness (QED) is 0.654. The number of likely N-dealkylation sites (N-methyl/N-ethyl adjacent to an activating group) is 1. The van der Waals surface area contributed by atoms with Crippen molar-refractivity contribution in [1.29, 1.82) is 0 Å². The lowest BCUT2D eigenvalue weighted by molar-refractivity contribution is -0.138. The van der Waals surface area contributed by atoms with Gasteiger partial charge in [0, 0.05) is 6.54 Å². The van der Waals surface area contributed by atoms with Crippen molar-refractivity contribution in [2.45, 2.75) is 53.1 Å². The highest BCUT2D eigenvalue weighted by Crippen LogP contribution is 2.15. The fourth-order valence-electron chi connectivity index (χ4n) is 2.23. The summed E-state index contributed by atoms with van der Waals surface area (Å²) in [4.78, 5) is 11.8. The van der Waals surface area contributed by atoms with Gasteiger partial charge in [-0.3, -0.25) is 4.79 Å². The van der Waals surface area contributed by atoms with E-state index in [4.69, 9.17) is 0 Å². The zero-order valence-corrected chi connectivity index (χ0v) is 18.3. The van der Waals surface area contributed by atoms with E-state index in [1.807, 2.05) is 39.0 Å². The molecule has 0 amide bonds. The molecule has 2 aromatic rings. The third-order valence-corrected chi connectivity index (χ3v) is 3.63. The molecule has 0 radical (unpaired) electrons. The second kappa shape index (κ2) is 13.1. The highest BCUT2D eigenvalue weighted by Gasteiger charge is 2.07. The van der Waals surface area contributed by atoms with Crippen molar-refractivity contribution >= 4 is 6.47 Å². The first-order valence-corrected chi connectivity index (χ1v) is 9.39. The SMILES string of the molecule is CC(C)(C)OC=O.Cc1ccc(C(C)CN(C)C)cc1.Cc1ccccc1. The summed E-state index contributed by atoms with van der Waals surface area (Å²) in [5.74, 6) is 0.621. The minimum Gasteiger partial charge on any atom is -0.462 e. The Morgan fingerprint density at radius 1 is 0.926 bits per heavy atom. The van der Waals surface area contributed by atoms with Crippen molar-refractivity contribution in [3.63, 3.8) is 0 Å². The van der Waals surface area contributed by atoms with Crippen LogP contribution in [-0.4, -0.2) is 37.6 Å². The van der Waals surface area contributed by atoms with E-state index in [9.17, 15) is 4.79 Å². The maximum Gasteiger partial charge on any atom is 0.293 e. The summed E-state index contributed by atoms with van der Waals surface area (Å²) in [6.07, 6.45) is 0. The number of benzene rings is 2. The summed E-state index contributed by atoms with van der Waals surface area (Å²) in [5, 5.41) is 0. The summed E-state index contributed by atoms with van der Waals surface area (Å²) in [6, 6.07) is 19.1. The van der Waals surface area contributed by atoms with Crippen molar-refractivity contribution < 1.29 is 9.53 Å². The van der Waals surface area contributed by atoms with Crippen LogP contribution in [0.15, 0.2) is 54.6 Å². The Morgan fingerprint density at radius 2 is 1.41 bits per heavy atom. The maximum absolute atomic E-state index is 9.60. The van der Waals surface area contributed by atoms with Gasteiger partial charge < -0.3 is 9.64 Å². The fourth-order valence-corrected chi connectivity index (χ4v) is 2.23. The van der Waals surface area contributed by atoms with E-state index in [1.165, 1.54) is 16.7 Å². The second-order valence-corrected chi connectivity index (χ2v) is 8.06. The molecule has 0 aliphatic carbocycles. The third kappa shape index (κ3) is 14.7. The molecule has 1 atom stereocenters. The summed E-state index contributed by atoms with van der Waals surface area (Å²) in [7, 11) is 4.23. The summed E-state index contributed by atoms with van der Waals surface area (Å²) in [6.45, 7) is 13.5. The van der Waals surface area contributed by atoms with Crippen LogP contribution in [-0.2, 0) is 9.53 Å². The Bertz CT molecular complexity index is 613. The Morgan fingerprint density at radius 3 is 1.70 bits per heavy atom. The number of aryl methyl sites for hydroxylation is 2. The minimum absolute atomic E-state index is 0.318. The molecule has 0 bridgehead atoms. The van der Waals surface area contributed by atoms with Crippen molar-refractivity contribution in [1.82, 2.24) is 4.90 Å². The van der Waals surface area contributed by atoms with E-state index >= 15 is 0 Å². The molecule has 2 rings (SSSR count). The van der Waals surface area contributed by atoms with Gasteiger partial charge in [-0.2, -0.15) is 0 Å². The maximum atomic E-state index is 9.60. The van der Waals surface area contributed by atoms with Crippen LogP contribution in [0.2, 0.25) is 0 Å². The molecule has 0 aliphatic heterocycles. The molecule has 27 heavy (non-hydrogen) atoms. The largest absolute Gasteiger partial charge is 0.462 e. The Hall–Kier alpha value is -2.13. The van der Waals surface area contributed by atoms with E-state index in [0.29, 0.717) is 12.4 Å². The Labute approximate surface area is 166 Å². The van der Waals surface area contributed by atoms with Gasteiger partial charge in [0.25, 0.3) is 6.47 Å². The summed E-state index contributed by atoms with van der Waals surface area (Å²) in [5.41, 5.74) is 3.77. The highest BCUT2D eigenvalue weighted by atomic mass is 16.5. The molecule has 2 aromatic carbocycles. The number of nitrogens with zero attached hydrogens (tertiary/aromatic N) is 1. The van der Waals surface area contributed by atoms with Gasteiger partial charge in [-0.1, -0.05) is 72.6 Å². The lowest BCUT2D eigenvalue weighted by Gasteiger charge is -2.17. The molecule has 0 saturated carbocycles. The zero-order valence-electron chi connectivity index (χ0n) is 18.3. The number of ether oxygens (including phenoxy) is 1. The molecular formula is C24H37NO2. The van der Waals surface area contributed by atoms with Crippen LogP contribution in [0, 0.1) is 13.8 Å². The van der Waals surface area contributed by atoms with E-state index in [0.717, 1.165) is 6.54 Å². The van der Waals surface area contributed by atoms with Crippen molar-refractivity contribution in [2.24, 2.45) is 0 Å². The van der Waals surface area contributed by atoms with E-state index < -0.39 is 0 Å². The number of carbonyl (C=O) groups excluding carboxylic acids is 1. The lowest BCUT2D eigenvalue weighted by atomic mass is 10.00. The van der Waals surface area contributed by atoms with Gasteiger partial charge in [0.15, 0.2) is 0 Å². The average Bonchev–Trinajstić information content (AvgIpc) is 2.55. The lowest BCUT2D eigenvalue weighted by Crippen LogP contribution is -2.18. The summed E-state index contributed by atoms with van der Waals surface area (Å²) >= 11 is 0. The van der Waals surface area contributed by atoms with E-state index in [1.54, 1.807) is 0 Å². The fraction of sp³-hybridized carbons (Fsp3) is 0.458. The van der Waals surface area contributed by atoms with Crippen LogP contribution in [0.3, 0.4) is 0 Å².